The Morgan fingerprint density at radius 3 is 2.42 bits per heavy atom. The van der Waals surface area contributed by atoms with Gasteiger partial charge in [-0.1, -0.05) is 41.6 Å². The first kappa shape index (κ1) is 13.3. The maximum absolute atomic E-state index is 12.5. The Kier molecular flexibility index (Phi) is 4.30. The molecule has 3 N–H and O–H groups in total. The lowest BCUT2D eigenvalue weighted by Gasteiger charge is -2.08. The molecular weight excluding hydrogens is 260 g/mol. The number of amidine groups is 1. The van der Waals surface area contributed by atoms with Crippen LogP contribution in [0.5, 0.6) is 0 Å². The van der Waals surface area contributed by atoms with E-state index in [0.29, 0.717) is 4.90 Å². The van der Waals surface area contributed by atoms with E-state index in [-0.39, 0.29) is 12.3 Å². The molecule has 0 aliphatic rings. The lowest BCUT2D eigenvalue weighted by atomic mass is 10.1. The molecule has 0 spiro atoms. The summed E-state index contributed by atoms with van der Waals surface area (Å²) in [4.78, 5) is 1.41. The molecule has 0 saturated heterocycles. The topological polar surface area (TPSA) is 75.7 Å². The van der Waals surface area contributed by atoms with Gasteiger partial charge < -0.3 is 10.9 Å². The molecule has 2 aromatic rings. The van der Waals surface area contributed by atoms with Crippen LogP contribution < -0.4 is 5.73 Å². The Morgan fingerprint density at radius 2 is 1.74 bits per heavy atom. The summed E-state index contributed by atoms with van der Waals surface area (Å²) in [5, 5.41) is 11.6. The van der Waals surface area contributed by atoms with Crippen LogP contribution >= 0.6 is 0 Å². The van der Waals surface area contributed by atoms with Crippen LogP contribution in [0.15, 0.2) is 69.5 Å². The lowest BCUT2D eigenvalue weighted by molar-refractivity contribution is 0.317. The van der Waals surface area contributed by atoms with Crippen molar-refractivity contribution in [2.75, 3.05) is 0 Å². The van der Waals surface area contributed by atoms with Crippen LogP contribution in [-0.4, -0.2) is 15.3 Å². The van der Waals surface area contributed by atoms with E-state index in [1.807, 2.05) is 48.5 Å². The number of nitrogens with two attached hydrogens (primary N) is 1. The van der Waals surface area contributed by atoms with Crippen LogP contribution in [0, 0.1) is 0 Å². The van der Waals surface area contributed by atoms with Crippen LogP contribution in [0.1, 0.15) is 5.56 Å². The Hall–Kier alpha value is -2.14. The number of nitrogens with zero attached hydrogens (tertiary/aromatic N) is 1. The van der Waals surface area contributed by atoms with Gasteiger partial charge in [0.25, 0.3) is 0 Å². The van der Waals surface area contributed by atoms with Crippen LogP contribution in [0.25, 0.3) is 0 Å². The van der Waals surface area contributed by atoms with Gasteiger partial charge in [-0.05, 0) is 23.8 Å². The highest BCUT2D eigenvalue weighted by molar-refractivity contribution is 7.85. The number of hydrogen-bond donors (Lipinski definition) is 2. The van der Waals surface area contributed by atoms with E-state index in [9.17, 15) is 4.21 Å². The molecule has 5 heteroatoms. The quantitative estimate of drug-likeness (QED) is 0.388. The first-order valence-corrected chi connectivity index (χ1v) is 6.88. The summed E-state index contributed by atoms with van der Waals surface area (Å²) in [6.07, 6.45) is 0.269. The Balaban J connectivity index is 2.37. The number of rotatable bonds is 4. The molecule has 4 nitrogen and oxygen atoms in total. The van der Waals surface area contributed by atoms with Crippen LogP contribution in [0.3, 0.4) is 0 Å². The van der Waals surface area contributed by atoms with Gasteiger partial charge >= 0.3 is 0 Å². The highest BCUT2D eigenvalue weighted by Crippen LogP contribution is 2.20. The third kappa shape index (κ3) is 3.20. The highest BCUT2D eigenvalue weighted by Gasteiger charge is 2.12. The normalized spacial score (nSPS) is 13.2. The minimum absolute atomic E-state index is 0.0949. The van der Waals surface area contributed by atoms with Gasteiger partial charge in [-0.2, -0.15) is 0 Å². The minimum Gasteiger partial charge on any atom is -0.409 e. The van der Waals surface area contributed by atoms with Gasteiger partial charge in [0.05, 0.1) is 10.8 Å². The molecule has 1 atom stereocenters. The molecule has 0 saturated carbocycles. The summed E-state index contributed by atoms with van der Waals surface area (Å²) >= 11 is 0. The van der Waals surface area contributed by atoms with Crippen LogP contribution in [0.4, 0.5) is 0 Å². The second kappa shape index (κ2) is 6.15. The second-order valence-electron chi connectivity index (χ2n) is 3.96. The van der Waals surface area contributed by atoms with Crippen LogP contribution in [0.2, 0.25) is 0 Å². The summed E-state index contributed by atoms with van der Waals surface area (Å²) in [7, 11) is -1.27. The number of hydrogen-bond acceptors (Lipinski definition) is 3. The smallest absolute Gasteiger partial charge is 0.143 e. The van der Waals surface area contributed by atoms with E-state index in [1.165, 1.54) is 0 Å². The predicted molar refractivity (Wildman–Crippen MR) is 74.7 cm³/mol. The lowest BCUT2D eigenvalue weighted by Crippen LogP contribution is -2.16. The molecule has 19 heavy (non-hydrogen) atoms. The molecular formula is C14H14N2O2S. The zero-order chi connectivity index (χ0) is 13.7. The summed E-state index contributed by atoms with van der Waals surface area (Å²) < 4.78 is 12.5. The van der Waals surface area contributed by atoms with Crippen molar-refractivity contribution in [1.29, 1.82) is 0 Å². The zero-order valence-electron chi connectivity index (χ0n) is 10.2. The van der Waals surface area contributed by atoms with Gasteiger partial charge in [-0.3, -0.25) is 0 Å². The fraction of sp³-hybridized carbons (Fsp3) is 0.0714. The highest BCUT2D eigenvalue weighted by atomic mass is 32.2. The summed E-state index contributed by atoms with van der Waals surface area (Å²) in [6, 6.07) is 16.5. The van der Waals surface area contributed by atoms with Crippen molar-refractivity contribution in [1.82, 2.24) is 0 Å². The van der Waals surface area contributed by atoms with E-state index in [2.05, 4.69) is 5.16 Å². The van der Waals surface area contributed by atoms with Gasteiger partial charge in [0.1, 0.15) is 5.84 Å². The van der Waals surface area contributed by atoms with Gasteiger partial charge in [0.15, 0.2) is 0 Å². The monoisotopic (exact) mass is 274 g/mol. The van der Waals surface area contributed by atoms with Crippen molar-refractivity contribution in [3.63, 3.8) is 0 Å². The van der Waals surface area contributed by atoms with E-state index >= 15 is 0 Å². The maximum atomic E-state index is 12.5. The fourth-order valence-electron chi connectivity index (χ4n) is 1.73. The van der Waals surface area contributed by atoms with E-state index in [1.54, 1.807) is 6.07 Å². The van der Waals surface area contributed by atoms with Gasteiger partial charge in [-0.15, -0.1) is 0 Å². The fourth-order valence-corrected chi connectivity index (χ4v) is 2.97. The molecule has 0 aromatic heterocycles. The Labute approximate surface area is 114 Å². The molecule has 0 amide bonds. The summed E-state index contributed by atoms with van der Waals surface area (Å²) in [5.41, 5.74) is 6.31. The van der Waals surface area contributed by atoms with Gasteiger partial charge in [0.2, 0.25) is 0 Å². The third-order valence-corrected chi connectivity index (χ3v) is 4.13. The van der Waals surface area contributed by atoms with E-state index in [4.69, 9.17) is 10.9 Å². The van der Waals surface area contributed by atoms with Crippen molar-refractivity contribution in [2.24, 2.45) is 10.9 Å². The number of oxime groups is 1. The molecule has 0 radical (unpaired) electrons. The molecule has 0 fully saturated rings. The Morgan fingerprint density at radius 1 is 1.11 bits per heavy atom. The third-order valence-electron chi connectivity index (χ3n) is 2.63. The first-order chi connectivity index (χ1) is 9.22. The molecule has 0 aliphatic carbocycles. The van der Waals surface area contributed by atoms with E-state index < -0.39 is 10.8 Å². The molecule has 0 unspecified atom stereocenters. The summed E-state index contributed by atoms with van der Waals surface area (Å²) in [5.74, 6) is 0.0949. The SMILES string of the molecule is N/C(Cc1ccccc1[S@](=O)c1ccccc1)=N\O. The average molecular weight is 274 g/mol. The number of benzene rings is 2. The minimum atomic E-state index is -1.27. The van der Waals surface area contributed by atoms with Gasteiger partial charge in [0, 0.05) is 16.2 Å². The molecule has 98 valence electrons. The zero-order valence-corrected chi connectivity index (χ0v) is 11.0. The molecule has 0 aliphatic heterocycles. The van der Waals surface area contributed by atoms with Gasteiger partial charge in [-0.25, -0.2) is 4.21 Å². The molecule has 2 aromatic carbocycles. The molecule has 2 rings (SSSR count). The second-order valence-corrected chi connectivity index (χ2v) is 5.41. The standard InChI is InChI=1S/C14H14N2O2S/c15-14(16-17)10-11-6-4-5-9-13(11)19(18)12-7-2-1-3-8-12/h1-9,17H,10H2,(H2,15,16)/t19-/m1/s1. The Bertz CT molecular complexity index is 612. The first-order valence-electron chi connectivity index (χ1n) is 5.73. The largest absolute Gasteiger partial charge is 0.409 e. The molecule has 0 bridgehead atoms. The van der Waals surface area contributed by atoms with Crippen molar-refractivity contribution < 1.29 is 9.42 Å². The predicted octanol–water partition coefficient (Wildman–Crippen LogP) is 2.14. The molecule has 0 heterocycles. The van der Waals surface area contributed by atoms with Crippen molar-refractivity contribution in [2.45, 2.75) is 16.2 Å². The summed E-state index contributed by atoms with van der Waals surface area (Å²) in [6.45, 7) is 0. The van der Waals surface area contributed by atoms with E-state index in [0.717, 1.165) is 10.5 Å². The van der Waals surface area contributed by atoms with Crippen molar-refractivity contribution in [3.05, 3.63) is 60.2 Å². The maximum Gasteiger partial charge on any atom is 0.143 e. The van der Waals surface area contributed by atoms with Crippen molar-refractivity contribution >= 4 is 16.6 Å². The average Bonchev–Trinajstić information content (AvgIpc) is 2.48. The van der Waals surface area contributed by atoms with Crippen LogP contribution in [-0.2, 0) is 17.2 Å². The van der Waals surface area contributed by atoms with Crippen molar-refractivity contribution in [3.8, 4) is 0 Å².